The van der Waals surface area contributed by atoms with E-state index in [1.807, 2.05) is 48.5 Å². The molecule has 0 radical (unpaired) electrons. The van der Waals surface area contributed by atoms with Gasteiger partial charge in [0.25, 0.3) is 0 Å². The summed E-state index contributed by atoms with van der Waals surface area (Å²) in [5.41, 5.74) is 1.72. The molecule has 2 N–H and O–H groups in total. The fourth-order valence-corrected chi connectivity index (χ4v) is 4.31. The normalized spacial score (nSPS) is 19.6. The molecule has 0 aliphatic heterocycles. The number of rotatable bonds is 7. The van der Waals surface area contributed by atoms with E-state index in [2.05, 4.69) is 4.72 Å². The Balaban J connectivity index is 1.58. The van der Waals surface area contributed by atoms with E-state index in [9.17, 15) is 13.5 Å². The third-order valence-electron chi connectivity index (χ3n) is 4.73. The standard InChI is InChI=1S/C19H23NO4S/c1-24-17-8-6-15(7-9-17)11-13-25(22,23)20-14-19(21)12-10-16-4-2-3-5-18(16)19/h2-9,20-21H,10-14H2,1H3/t19-/m0/s1. The van der Waals surface area contributed by atoms with Gasteiger partial charge in [0, 0.05) is 6.54 Å². The van der Waals surface area contributed by atoms with Crippen LogP contribution in [0.4, 0.5) is 0 Å². The van der Waals surface area contributed by atoms with Gasteiger partial charge in [-0.2, -0.15) is 0 Å². The van der Waals surface area contributed by atoms with Gasteiger partial charge in [-0.05, 0) is 48.1 Å². The molecule has 0 spiro atoms. The van der Waals surface area contributed by atoms with Gasteiger partial charge in [-0.3, -0.25) is 0 Å². The zero-order valence-corrected chi connectivity index (χ0v) is 15.1. The van der Waals surface area contributed by atoms with Crippen molar-refractivity contribution in [2.45, 2.75) is 24.9 Å². The van der Waals surface area contributed by atoms with Gasteiger partial charge in [-0.25, -0.2) is 13.1 Å². The highest BCUT2D eigenvalue weighted by Gasteiger charge is 2.37. The average molecular weight is 361 g/mol. The predicted molar refractivity (Wildman–Crippen MR) is 97.1 cm³/mol. The number of aliphatic hydroxyl groups is 1. The van der Waals surface area contributed by atoms with Gasteiger partial charge in [0.2, 0.25) is 10.0 Å². The zero-order valence-electron chi connectivity index (χ0n) is 14.2. The highest BCUT2D eigenvalue weighted by Crippen LogP contribution is 2.36. The molecule has 0 unspecified atom stereocenters. The molecule has 0 saturated carbocycles. The Morgan fingerprint density at radius 3 is 2.60 bits per heavy atom. The fraction of sp³-hybridized carbons (Fsp3) is 0.368. The second-order valence-electron chi connectivity index (χ2n) is 6.43. The second-order valence-corrected chi connectivity index (χ2v) is 8.35. The Labute approximate surface area is 148 Å². The molecule has 1 aliphatic carbocycles. The van der Waals surface area contributed by atoms with E-state index in [-0.39, 0.29) is 12.3 Å². The SMILES string of the molecule is COc1ccc(CCS(=O)(=O)NC[C@@]2(O)CCc3ccccc32)cc1. The Morgan fingerprint density at radius 2 is 1.88 bits per heavy atom. The van der Waals surface area contributed by atoms with E-state index in [0.29, 0.717) is 12.8 Å². The smallest absolute Gasteiger partial charge is 0.212 e. The third kappa shape index (κ3) is 4.21. The van der Waals surface area contributed by atoms with Crippen LogP contribution < -0.4 is 9.46 Å². The summed E-state index contributed by atoms with van der Waals surface area (Å²) < 4.78 is 32.2. The number of sulfonamides is 1. The van der Waals surface area contributed by atoms with Gasteiger partial charge in [0.15, 0.2) is 0 Å². The molecular weight excluding hydrogens is 338 g/mol. The van der Waals surface area contributed by atoms with Crippen LogP contribution in [0.1, 0.15) is 23.1 Å². The van der Waals surface area contributed by atoms with E-state index in [1.165, 1.54) is 0 Å². The van der Waals surface area contributed by atoms with E-state index in [4.69, 9.17) is 4.74 Å². The van der Waals surface area contributed by atoms with Crippen molar-refractivity contribution in [1.82, 2.24) is 4.72 Å². The van der Waals surface area contributed by atoms with Crippen molar-refractivity contribution in [3.8, 4) is 5.75 Å². The highest BCUT2D eigenvalue weighted by atomic mass is 32.2. The summed E-state index contributed by atoms with van der Waals surface area (Å²) in [5, 5.41) is 10.8. The van der Waals surface area contributed by atoms with Crippen LogP contribution in [0.25, 0.3) is 0 Å². The quantitative estimate of drug-likeness (QED) is 0.791. The van der Waals surface area contributed by atoms with Gasteiger partial charge >= 0.3 is 0 Å². The molecule has 2 aromatic rings. The topological polar surface area (TPSA) is 75.6 Å². The maximum absolute atomic E-state index is 12.3. The lowest BCUT2D eigenvalue weighted by Gasteiger charge is -2.24. The number of ether oxygens (including phenoxy) is 1. The summed E-state index contributed by atoms with van der Waals surface area (Å²) in [6.07, 6.45) is 1.71. The van der Waals surface area contributed by atoms with Gasteiger partial charge in [-0.15, -0.1) is 0 Å². The molecule has 134 valence electrons. The monoisotopic (exact) mass is 361 g/mol. The molecule has 0 amide bonds. The third-order valence-corrected chi connectivity index (χ3v) is 6.06. The Bertz CT molecular complexity index is 833. The first-order valence-electron chi connectivity index (χ1n) is 8.33. The average Bonchev–Trinajstić information content (AvgIpc) is 2.97. The number of fused-ring (bicyclic) bond motifs is 1. The van der Waals surface area contributed by atoms with Gasteiger partial charge in [-0.1, -0.05) is 36.4 Å². The molecule has 3 rings (SSSR count). The maximum Gasteiger partial charge on any atom is 0.212 e. The minimum Gasteiger partial charge on any atom is -0.497 e. The lowest BCUT2D eigenvalue weighted by Crippen LogP contribution is -2.40. The molecule has 2 aromatic carbocycles. The Morgan fingerprint density at radius 1 is 1.16 bits per heavy atom. The number of hydrogen-bond donors (Lipinski definition) is 2. The van der Waals surface area contributed by atoms with Crippen LogP contribution in [0, 0.1) is 0 Å². The molecule has 0 bridgehead atoms. The minimum absolute atomic E-state index is 0.00889. The Hall–Kier alpha value is -1.89. The number of hydrogen-bond acceptors (Lipinski definition) is 4. The summed E-state index contributed by atoms with van der Waals surface area (Å²) in [7, 11) is -1.87. The lowest BCUT2D eigenvalue weighted by atomic mass is 9.96. The number of methoxy groups -OCH3 is 1. The molecule has 1 atom stereocenters. The molecule has 6 heteroatoms. The summed E-state index contributed by atoms with van der Waals surface area (Å²) >= 11 is 0. The summed E-state index contributed by atoms with van der Waals surface area (Å²) in [4.78, 5) is 0. The summed E-state index contributed by atoms with van der Waals surface area (Å²) in [6.45, 7) is 0.00889. The first kappa shape index (κ1) is 17.9. The van der Waals surface area contributed by atoms with Gasteiger partial charge in [0.1, 0.15) is 11.4 Å². The van der Waals surface area contributed by atoms with Crippen molar-refractivity contribution in [2.24, 2.45) is 0 Å². The van der Waals surface area contributed by atoms with E-state index < -0.39 is 15.6 Å². The highest BCUT2D eigenvalue weighted by molar-refractivity contribution is 7.89. The summed E-state index contributed by atoms with van der Waals surface area (Å²) in [5.74, 6) is 0.726. The van der Waals surface area contributed by atoms with E-state index >= 15 is 0 Å². The molecule has 0 saturated heterocycles. The molecular formula is C19H23NO4S. The molecule has 1 aliphatic rings. The number of aryl methyl sites for hydroxylation is 2. The van der Waals surface area contributed by atoms with Gasteiger partial charge in [0.05, 0.1) is 12.9 Å². The van der Waals surface area contributed by atoms with Crippen molar-refractivity contribution in [2.75, 3.05) is 19.4 Å². The van der Waals surface area contributed by atoms with Crippen LogP contribution in [0.5, 0.6) is 5.75 Å². The zero-order chi connectivity index (χ0) is 17.9. The van der Waals surface area contributed by atoms with Crippen LogP contribution in [0.3, 0.4) is 0 Å². The molecule has 0 heterocycles. The van der Waals surface area contributed by atoms with Crippen molar-refractivity contribution in [1.29, 1.82) is 0 Å². The van der Waals surface area contributed by atoms with Crippen molar-refractivity contribution in [3.05, 3.63) is 65.2 Å². The molecule has 0 aromatic heterocycles. The fourth-order valence-electron chi connectivity index (χ4n) is 3.20. The first-order chi connectivity index (χ1) is 11.9. The lowest BCUT2D eigenvalue weighted by molar-refractivity contribution is 0.0442. The number of nitrogens with one attached hydrogen (secondary N) is 1. The number of benzene rings is 2. The van der Waals surface area contributed by atoms with Crippen LogP contribution >= 0.6 is 0 Å². The van der Waals surface area contributed by atoms with E-state index in [0.717, 1.165) is 28.9 Å². The molecule has 0 fully saturated rings. The van der Waals surface area contributed by atoms with Crippen molar-refractivity contribution >= 4 is 10.0 Å². The van der Waals surface area contributed by atoms with Crippen LogP contribution in [0.15, 0.2) is 48.5 Å². The predicted octanol–water partition coefficient (Wildman–Crippen LogP) is 1.99. The van der Waals surface area contributed by atoms with Crippen LogP contribution in [-0.2, 0) is 28.5 Å². The first-order valence-corrected chi connectivity index (χ1v) is 9.98. The maximum atomic E-state index is 12.3. The molecule has 5 nitrogen and oxygen atoms in total. The van der Waals surface area contributed by atoms with Crippen LogP contribution in [-0.4, -0.2) is 32.9 Å². The van der Waals surface area contributed by atoms with Crippen molar-refractivity contribution < 1.29 is 18.3 Å². The minimum atomic E-state index is -3.46. The summed E-state index contributed by atoms with van der Waals surface area (Å²) in [6, 6.07) is 15.0. The van der Waals surface area contributed by atoms with Crippen molar-refractivity contribution in [3.63, 3.8) is 0 Å². The largest absolute Gasteiger partial charge is 0.497 e. The van der Waals surface area contributed by atoms with E-state index in [1.54, 1.807) is 7.11 Å². The second kappa shape index (κ2) is 7.15. The van der Waals surface area contributed by atoms with Crippen LogP contribution in [0.2, 0.25) is 0 Å². The molecule has 25 heavy (non-hydrogen) atoms. The van der Waals surface area contributed by atoms with Gasteiger partial charge < -0.3 is 9.84 Å². The Kier molecular flexibility index (Phi) is 5.13.